The first-order chi connectivity index (χ1) is 8.36. The van der Waals surface area contributed by atoms with Crippen LogP contribution in [-0.4, -0.2) is 41.8 Å². The van der Waals surface area contributed by atoms with E-state index in [4.69, 9.17) is 10.2 Å². The first kappa shape index (κ1) is 14.5. The molecule has 96 valence electrons. The maximum atomic E-state index is 9.01. The van der Waals surface area contributed by atoms with Crippen molar-refractivity contribution in [1.29, 1.82) is 0 Å². The Hall–Kier alpha value is -0.550. The molecular formula is C13H21NO2S. The van der Waals surface area contributed by atoms with Crippen molar-refractivity contribution in [2.24, 2.45) is 0 Å². The average Bonchev–Trinajstić information content (AvgIpc) is 2.38. The molecular weight excluding hydrogens is 234 g/mol. The Bertz CT molecular complexity index is 282. The van der Waals surface area contributed by atoms with E-state index in [0.717, 1.165) is 18.1 Å². The highest BCUT2D eigenvalue weighted by Crippen LogP contribution is 2.10. The lowest BCUT2D eigenvalue weighted by molar-refractivity contribution is 0.202. The molecule has 0 aliphatic carbocycles. The van der Waals surface area contributed by atoms with Crippen LogP contribution in [0.25, 0.3) is 0 Å². The van der Waals surface area contributed by atoms with Gasteiger partial charge in [-0.3, -0.25) is 0 Å². The van der Waals surface area contributed by atoms with Crippen molar-refractivity contribution < 1.29 is 10.2 Å². The molecule has 0 bridgehead atoms. The molecule has 0 spiro atoms. The van der Waals surface area contributed by atoms with Gasteiger partial charge in [-0.05, 0) is 12.0 Å². The Morgan fingerprint density at radius 3 is 2.59 bits per heavy atom. The Labute approximate surface area is 107 Å². The number of rotatable bonds is 9. The van der Waals surface area contributed by atoms with Gasteiger partial charge in [0.05, 0.1) is 6.61 Å². The van der Waals surface area contributed by atoms with Crippen molar-refractivity contribution in [3.8, 4) is 0 Å². The molecule has 1 aromatic rings. The highest BCUT2D eigenvalue weighted by atomic mass is 32.2. The molecule has 0 amide bonds. The van der Waals surface area contributed by atoms with Crippen LogP contribution >= 0.6 is 11.8 Å². The van der Waals surface area contributed by atoms with E-state index < -0.39 is 0 Å². The van der Waals surface area contributed by atoms with Crippen molar-refractivity contribution in [2.45, 2.75) is 18.2 Å². The molecule has 1 aromatic carbocycles. The molecule has 1 rings (SSSR count). The zero-order chi connectivity index (χ0) is 12.3. The van der Waals surface area contributed by atoms with E-state index in [1.807, 2.05) is 17.8 Å². The van der Waals surface area contributed by atoms with E-state index in [2.05, 4.69) is 29.6 Å². The van der Waals surface area contributed by atoms with E-state index in [1.165, 1.54) is 5.56 Å². The molecule has 3 N–H and O–H groups in total. The summed E-state index contributed by atoms with van der Waals surface area (Å²) in [6.45, 7) is 1.07. The minimum absolute atomic E-state index is 0.0253. The lowest BCUT2D eigenvalue weighted by Crippen LogP contribution is -2.34. The topological polar surface area (TPSA) is 52.5 Å². The maximum Gasteiger partial charge on any atom is 0.0585 e. The maximum absolute atomic E-state index is 9.01. The Kier molecular flexibility index (Phi) is 8.09. The molecule has 1 atom stereocenters. The first-order valence-electron chi connectivity index (χ1n) is 5.93. The molecule has 0 aliphatic heterocycles. The van der Waals surface area contributed by atoms with Gasteiger partial charge in [0.15, 0.2) is 0 Å². The number of benzene rings is 1. The van der Waals surface area contributed by atoms with Gasteiger partial charge in [-0.2, -0.15) is 11.8 Å². The van der Waals surface area contributed by atoms with Gasteiger partial charge in [0, 0.05) is 30.7 Å². The molecule has 0 unspecified atom stereocenters. The second kappa shape index (κ2) is 9.48. The molecule has 0 fully saturated rings. The standard InChI is InChI=1S/C13H21NO2S/c15-8-6-13(10-16)14-7-9-17-11-12-4-2-1-3-5-12/h1-5,13-16H,6-11H2/t13-/m1/s1. The third-order valence-corrected chi connectivity index (χ3v) is 3.52. The summed E-state index contributed by atoms with van der Waals surface area (Å²) in [6.07, 6.45) is 0.611. The van der Waals surface area contributed by atoms with E-state index in [0.29, 0.717) is 6.42 Å². The van der Waals surface area contributed by atoms with Crippen LogP contribution < -0.4 is 5.32 Å². The first-order valence-corrected chi connectivity index (χ1v) is 7.09. The minimum Gasteiger partial charge on any atom is -0.396 e. The van der Waals surface area contributed by atoms with Crippen LogP contribution in [0.4, 0.5) is 0 Å². The average molecular weight is 255 g/mol. The van der Waals surface area contributed by atoms with Gasteiger partial charge in [-0.1, -0.05) is 30.3 Å². The van der Waals surface area contributed by atoms with Crippen molar-refractivity contribution in [1.82, 2.24) is 5.32 Å². The molecule has 0 heterocycles. The Morgan fingerprint density at radius 2 is 1.94 bits per heavy atom. The molecule has 0 saturated heterocycles. The second-order valence-corrected chi connectivity index (χ2v) is 4.99. The van der Waals surface area contributed by atoms with Crippen LogP contribution in [0.5, 0.6) is 0 Å². The van der Waals surface area contributed by atoms with Crippen molar-refractivity contribution in [3.63, 3.8) is 0 Å². The zero-order valence-electron chi connectivity index (χ0n) is 10.0. The van der Waals surface area contributed by atoms with Crippen LogP contribution in [-0.2, 0) is 5.75 Å². The summed E-state index contributed by atoms with van der Waals surface area (Å²) in [5.41, 5.74) is 1.34. The van der Waals surface area contributed by atoms with E-state index in [9.17, 15) is 0 Å². The van der Waals surface area contributed by atoms with Gasteiger partial charge in [0.25, 0.3) is 0 Å². The number of thioether (sulfide) groups is 1. The highest BCUT2D eigenvalue weighted by molar-refractivity contribution is 7.98. The van der Waals surface area contributed by atoms with Gasteiger partial charge in [0.1, 0.15) is 0 Å². The molecule has 3 nitrogen and oxygen atoms in total. The second-order valence-electron chi connectivity index (χ2n) is 3.88. The third-order valence-electron chi connectivity index (χ3n) is 2.49. The number of aliphatic hydroxyl groups excluding tert-OH is 2. The van der Waals surface area contributed by atoms with Crippen molar-refractivity contribution in [3.05, 3.63) is 35.9 Å². The summed E-state index contributed by atoms with van der Waals surface area (Å²) in [6, 6.07) is 10.4. The number of hydrogen-bond acceptors (Lipinski definition) is 4. The molecule has 4 heteroatoms. The van der Waals surface area contributed by atoms with Crippen molar-refractivity contribution >= 4 is 11.8 Å². The lowest BCUT2D eigenvalue weighted by Gasteiger charge is -2.14. The van der Waals surface area contributed by atoms with Gasteiger partial charge < -0.3 is 15.5 Å². The molecule has 0 aliphatic rings. The fraction of sp³-hybridized carbons (Fsp3) is 0.538. The summed E-state index contributed by atoms with van der Waals surface area (Å²) in [7, 11) is 0. The summed E-state index contributed by atoms with van der Waals surface area (Å²) < 4.78 is 0. The van der Waals surface area contributed by atoms with Crippen LogP contribution in [0.15, 0.2) is 30.3 Å². The van der Waals surface area contributed by atoms with Gasteiger partial charge in [-0.15, -0.1) is 0 Å². The fourth-order valence-corrected chi connectivity index (χ4v) is 2.35. The fourth-order valence-electron chi connectivity index (χ4n) is 1.51. The van der Waals surface area contributed by atoms with Gasteiger partial charge in [-0.25, -0.2) is 0 Å². The molecule has 17 heavy (non-hydrogen) atoms. The normalized spacial score (nSPS) is 12.6. The lowest BCUT2D eigenvalue weighted by atomic mass is 10.2. The predicted molar refractivity (Wildman–Crippen MR) is 73.2 cm³/mol. The Balaban J connectivity index is 2.04. The molecule has 0 radical (unpaired) electrons. The number of nitrogens with one attached hydrogen (secondary N) is 1. The van der Waals surface area contributed by atoms with E-state index in [-0.39, 0.29) is 19.3 Å². The highest BCUT2D eigenvalue weighted by Gasteiger charge is 2.04. The van der Waals surface area contributed by atoms with Crippen molar-refractivity contribution in [2.75, 3.05) is 25.5 Å². The summed E-state index contributed by atoms with van der Waals surface area (Å²) >= 11 is 1.87. The van der Waals surface area contributed by atoms with Crippen LogP contribution in [0, 0.1) is 0 Å². The van der Waals surface area contributed by atoms with Crippen LogP contribution in [0.3, 0.4) is 0 Å². The minimum atomic E-state index is 0.0253. The van der Waals surface area contributed by atoms with Crippen LogP contribution in [0.1, 0.15) is 12.0 Å². The monoisotopic (exact) mass is 255 g/mol. The number of aliphatic hydroxyl groups is 2. The summed E-state index contributed by atoms with van der Waals surface area (Å²) in [4.78, 5) is 0. The van der Waals surface area contributed by atoms with Gasteiger partial charge >= 0.3 is 0 Å². The quantitative estimate of drug-likeness (QED) is 0.581. The zero-order valence-corrected chi connectivity index (χ0v) is 10.8. The molecule has 0 aromatic heterocycles. The Morgan fingerprint density at radius 1 is 1.18 bits per heavy atom. The predicted octanol–water partition coefficient (Wildman–Crippen LogP) is 1.25. The summed E-state index contributed by atoms with van der Waals surface area (Å²) in [5, 5.41) is 21.0. The SMILES string of the molecule is OCC[C@H](CO)NCCSCc1ccccc1. The smallest absolute Gasteiger partial charge is 0.0585 e. The number of hydrogen-bond donors (Lipinski definition) is 3. The van der Waals surface area contributed by atoms with E-state index in [1.54, 1.807) is 0 Å². The largest absolute Gasteiger partial charge is 0.396 e. The summed E-state index contributed by atoms with van der Waals surface area (Å²) in [5.74, 6) is 2.03. The van der Waals surface area contributed by atoms with E-state index >= 15 is 0 Å². The third kappa shape index (κ3) is 6.68. The van der Waals surface area contributed by atoms with Crippen LogP contribution in [0.2, 0.25) is 0 Å². The van der Waals surface area contributed by atoms with Gasteiger partial charge in [0.2, 0.25) is 0 Å². The molecule has 0 saturated carbocycles.